The van der Waals surface area contributed by atoms with Gasteiger partial charge >= 0.3 is 0 Å². The highest BCUT2D eigenvalue weighted by atomic mass is 19.1. The van der Waals surface area contributed by atoms with Gasteiger partial charge in [-0.25, -0.2) is 4.39 Å². The number of anilines is 1. The maximum atomic E-state index is 12.7. The van der Waals surface area contributed by atoms with E-state index in [0.717, 1.165) is 24.4 Å². The first-order chi connectivity index (χ1) is 6.74. The van der Waals surface area contributed by atoms with Crippen LogP contribution >= 0.6 is 0 Å². The van der Waals surface area contributed by atoms with Crippen molar-refractivity contribution in [3.05, 3.63) is 29.6 Å². The molecule has 1 aromatic carbocycles. The molecule has 0 bridgehead atoms. The second-order valence-electron chi connectivity index (χ2n) is 3.08. The fraction of sp³-hybridized carbons (Fsp3) is 0.455. The Labute approximate surface area is 84.1 Å². The Morgan fingerprint density at radius 3 is 2.86 bits per heavy atom. The van der Waals surface area contributed by atoms with Crippen LogP contribution in [0.1, 0.15) is 12.5 Å². The Kier molecular flexibility index (Phi) is 4.40. The van der Waals surface area contributed by atoms with E-state index in [1.54, 1.807) is 6.07 Å². The first-order valence-electron chi connectivity index (χ1n) is 4.82. The van der Waals surface area contributed by atoms with Crippen LogP contribution in [0, 0.1) is 12.7 Å². The van der Waals surface area contributed by atoms with E-state index < -0.39 is 0 Å². The summed E-state index contributed by atoms with van der Waals surface area (Å²) in [4.78, 5) is 0. The minimum atomic E-state index is -0.196. The summed E-state index contributed by atoms with van der Waals surface area (Å²) >= 11 is 0. The lowest BCUT2D eigenvalue weighted by Gasteiger charge is -2.09. The van der Waals surface area contributed by atoms with Gasteiger partial charge in [-0.05, 0) is 37.6 Å². The molecule has 0 aliphatic rings. The van der Waals surface area contributed by atoms with Gasteiger partial charge < -0.3 is 10.1 Å². The van der Waals surface area contributed by atoms with Gasteiger partial charge in [0.15, 0.2) is 0 Å². The fourth-order valence-electron chi connectivity index (χ4n) is 1.23. The van der Waals surface area contributed by atoms with Crippen molar-refractivity contribution in [1.29, 1.82) is 0 Å². The molecule has 78 valence electrons. The minimum absolute atomic E-state index is 0.196. The smallest absolute Gasteiger partial charge is 0.123 e. The van der Waals surface area contributed by atoms with Crippen LogP contribution in [-0.4, -0.2) is 19.8 Å². The molecule has 0 amide bonds. The Morgan fingerprint density at radius 2 is 2.21 bits per heavy atom. The topological polar surface area (TPSA) is 21.3 Å². The van der Waals surface area contributed by atoms with Crippen molar-refractivity contribution in [2.45, 2.75) is 13.8 Å². The van der Waals surface area contributed by atoms with E-state index in [9.17, 15) is 4.39 Å². The van der Waals surface area contributed by atoms with Gasteiger partial charge in [-0.3, -0.25) is 0 Å². The molecule has 0 fully saturated rings. The van der Waals surface area contributed by atoms with Crippen LogP contribution < -0.4 is 5.32 Å². The van der Waals surface area contributed by atoms with Crippen molar-refractivity contribution in [1.82, 2.24) is 0 Å². The quantitative estimate of drug-likeness (QED) is 0.732. The summed E-state index contributed by atoms with van der Waals surface area (Å²) in [5.41, 5.74) is 1.88. The Balaban J connectivity index is 2.42. The summed E-state index contributed by atoms with van der Waals surface area (Å²) < 4.78 is 17.9. The highest BCUT2D eigenvalue weighted by Gasteiger charge is 1.98. The molecule has 1 rings (SSSR count). The summed E-state index contributed by atoms with van der Waals surface area (Å²) in [6.45, 7) is 5.99. The van der Waals surface area contributed by atoms with Gasteiger partial charge in [-0.1, -0.05) is 0 Å². The highest BCUT2D eigenvalue weighted by Crippen LogP contribution is 2.14. The van der Waals surface area contributed by atoms with Crippen LogP contribution in [-0.2, 0) is 4.74 Å². The van der Waals surface area contributed by atoms with Crippen molar-refractivity contribution in [3.8, 4) is 0 Å². The lowest BCUT2D eigenvalue weighted by atomic mass is 10.2. The molecule has 0 saturated heterocycles. The third kappa shape index (κ3) is 3.34. The maximum absolute atomic E-state index is 12.7. The largest absolute Gasteiger partial charge is 0.383 e. The monoisotopic (exact) mass is 197 g/mol. The zero-order valence-corrected chi connectivity index (χ0v) is 8.64. The molecule has 0 aliphatic carbocycles. The van der Waals surface area contributed by atoms with E-state index in [4.69, 9.17) is 4.74 Å². The van der Waals surface area contributed by atoms with Crippen molar-refractivity contribution in [2.75, 3.05) is 25.1 Å². The molecule has 1 aromatic rings. The fourth-order valence-corrected chi connectivity index (χ4v) is 1.23. The van der Waals surface area contributed by atoms with E-state index in [0.29, 0.717) is 6.61 Å². The van der Waals surface area contributed by atoms with Crippen molar-refractivity contribution in [3.63, 3.8) is 0 Å². The summed E-state index contributed by atoms with van der Waals surface area (Å²) in [7, 11) is 0. The molecule has 0 unspecified atom stereocenters. The van der Waals surface area contributed by atoms with E-state index >= 15 is 0 Å². The van der Waals surface area contributed by atoms with Crippen molar-refractivity contribution in [2.24, 2.45) is 0 Å². The van der Waals surface area contributed by atoms with Crippen LogP contribution in [0.25, 0.3) is 0 Å². The summed E-state index contributed by atoms with van der Waals surface area (Å²) in [6, 6.07) is 4.72. The number of benzene rings is 1. The maximum Gasteiger partial charge on any atom is 0.123 e. The van der Waals surface area contributed by atoms with Gasteiger partial charge in [0.05, 0.1) is 6.61 Å². The van der Waals surface area contributed by atoms with Crippen LogP contribution in [0.15, 0.2) is 18.2 Å². The molecule has 2 nitrogen and oxygen atoms in total. The third-order valence-corrected chi connectivity index (χ3v) is 1.95. The number of nitrogens with one attached hydrogen (secondary N) is 1. The molecule has 1 N–H and O–H groups in total. The van der Waals surface area contributed by atoms with Crippen molar-refractivity contribution >= 4 is 5.69 Å². The van der Waals surface area contributed by atoms with Gasteiger partial charge in [-0.2, -0.15) is 0 Å². The van der Waals surface area contributed by atoms with E-state index in [-0.39, 0.29) is 5.82 Å². The average molecular weight is 197 g/mol. The second-order valence-corrected chi connectivity index (χ2v) is 3.08. The zero-order valence-electron chi connectivity index (χ0n) is 8.64. The third-order valence-electron chi connectivity index (χ3n) is 1.95. The lowest BCUT2D eigenvalue weighted by Crippen LogP contribution is -2.09. The van der Waals surface area contributed by atoms with Crippen LogP contribution in [0.2, 0.25) is 0 Å². The molecule has 3 heteroatoms. The predicted octanol–water partition coefficient (Wildman–Crippen LogP) is 2.58. The minimum Gasteiger partial charge on any atom is -0.383 e. The van der Waals surface area contributed by atoms with Gasteiger partial charge in [-0.15, -0.1) is 0 Å². The van der Waals surface area contributed by atoms with Gasteiger partial charge in [0.25, 0.3) is 0 Å². The number of hydrogen-bond donors (Lipinski definition) is 1. The Hall–Kier alpha value is -1.09. The number of rotatable bonds is 5. The second kappa shape index (κ2) is 5.60. The SMILES string of the molecule is CCOCCNc1ccc(F)cc1C. The average Bonchev–Trinajstić information content (AvgIpc) is 2.15. The number of hydrogen-bond acceptors (Lipinski definition) is 2. The normalized spacial score (nSPS) is 10.2. The molecule has 0 aliphatic heterocycles. The number of halogens is 1. The summed E-state index contributed by atoms with van der Waals surface area (Å²) in [5.74, 6) is -0.196. The first kappa shape index (κ1) is 11.0. The van der Waals surface area contributed by atoms with Gasteiger partial charge in [0, 0.05) is 18.8 Å². The van der Waals surface area contributed by atoms with Crippen LogP contribution in [0.5, 0.6) is 0 Å². The number of ether oxygens (including phenoxy) is 1. The first-order valence-corrected chi connectivity index (χ1v) is 4.82. The molecule has 0 aromatic heterocycles. The van der Waals surface area contributed by atoms with Gasteiger partial charge in [0.2, 0.25) is 0 Å². The van der Waals surface area contributed by atoms with Gasteiger partial charge in [0.1, 0.15) is 5.82 Å². The molecule has 0 saturated carbocycles. The highest BCUT2D eigenvalue weighted by molar-refractivity contribution is 5.50. The van der Waals surface area contributed by atoms with Crippen LogP contribution in [0.4, 0.5) is 10.1 Å². The molecule has 0 radical (unpaired) electrons. The molecular formula is C11H16FNO. The molecular weight excluding hydrogens is 181 g/mol. The molecule has 0 atom stereocenters. The number of aryl methyl sites for hydroxylation is 1. The molecule has 0 heterocycles. The Morgan fingerprint density at radius 1 is 1.43 bits per heavy atom. The summed E-state index contributed by atoms with van der Waals surface area (Å²) in [6.07, 6.45) is 0. The van der Waals surface area contributed by atoms with E-state index in [2.05, 4.69) is 5.32 Å². The molecule has 14 heavy (non-hydrogen) atoms. The van der Waals surface area contributed by atoms with E-state index in [1.807, 2.05) is 13.8 Å². The predicted molar refractivity (Wildman–Crippen MR) is 56.1 cm³/mol. The van der Waals surface area contributed by atoms with Crippen LogP contribution in [0.3, 0.4) is 0 Å². The standard InChI is InChI=1S/C11H16FNO/c1-3-14-7-6-13-11-5-4-10(12)8-9(11)2/h4-5,8,13H,3,6-7H2,1-2H3. The lowest BCUT2D eigenvalue weighted by molar-refractivity contribution is 0.158. The van der Waals surface area contributed by atoms with Crippen molar-refractivity contribution < 1.29 is 9.13 Å². The van der Waals surface area contributed by atoms with E-state index in [1.165, 1.54) is 12.1 Å². The molecule has 0 spiro atoms. The summed E-state index contributed by atoms with van der Waals surface area (Å²) in [5, 5.41) is 3.18. The zero-order chi connectivity index (χ0) is 10.4. The Bertz CT molecular complexity index is 289.